The predicted octanol–water partition coefficient (Wildman–Crippen LogP) is 3.58. The first kappa shape index (κ1) is 24.0. The molecule has 10 heteroatoms. The highest BCUT2D eigenvalue weighted by Gasteiger charge is 2.16. The van der Waals surface area contributed by atoms with Gasteiger partial charge in [-0.15, -0.1) is 16.8 Å². The number of aryl methyl sites for hydroxylation is 1. The first-order chi connectivity index (χ1) is 15.9. The van der Waals surface area contributed by atoms with Crippen molar-refractivity contribution in [1.29, 1.82) is 0 Å². The van der Waals surface area contributed by atoms with E-state index in [-0.39, 0.29) is 24.1 Å². The van der Waals surface area contributed by atoms with Gasteiger partial charge in [-0.05, 0) is 48.9 Å². The number of allylic oxidation sites excluding steroid dienone is 1. The second kappa shape index (κ2) is 11.3. The van der Waals surface area contributed by atoms with E-state index in [1.165, 1.54) is 36.0 Å². The van der Waals surface area contributed by atoms with E-state index in [1.807, 2.05) is 19.1 Å². The van der Waals surface area contributed by atoms with Crippen LogP contribution in [0.2, 0.25) is 0 Å². The minimum absolute atomic E-state index is 0.105. The van der Waals surface area contributed by atoms with Gasteiger partial charge in [0.1, 0.15) is 11.6 Å². The molecule has 0 unspecified atom stereocenters. The number of ether oxygens (including phenoxy) is 1. The Labute approximate surface area is 195 Å². The molecular formula is C23H24FN5O3S. The van der Waals surface area contributed by atoms with E-state index in [1.54, 1.807) is 23.8 Å². The van der Waals surface area contributed by atoms with Gasteiger partial charge in [-0.2, -0.15) is 0 Å². The van der Waals surface area contributed by atoms with Crippen molar-refractivity contribution >= 4 is 29.3 Å². The van der Waals surface area contributed by atoms with Gasteiger partial charge in [-0.1, -0.05) is 23.9 Å². The molecule has 0 aliphatic heterocycles. The number of anilines is 1. The van der Waals surface area contributed by atoms with Crippen LogP contribution in [0.25, 0.3) is 0 Å². The summed E-state index contributed by atoms with van der Waals surface area (Å²) in [6.45, 7) is 6.20. The van der Waals surface area contributed by atoms with Crippen molar-refractivity contribution in [2.24, 2.45) is 0 Å². The Morgan fingerprint density at radius 3 is 2.67 bits per heavy atom. The molecule has 0 fully saturated rings. The van der Waals surface area contributed by atoms with Crippen LogP contribution in [0.5, 0.6) is 5.75 Å². The number of thioether (sulfide) groups is 1. The standard InChI is InChI=1S/C23H24FN5O3S/c1-4-11-29-20(13-25-22(31)16-6-8-17(24)9-7-16)27-28-23(29)33-14-21(30)26-18-12-15(2)5-10-19(18)32-3/h4-10,12H,1,11,13-14H2,2-3H3,(H,25,31)(H,26,30). The van der Waals surface area contributed by atoms with Crippen LogP contribution in [0.15, 0.2) is 60.3 Å². The molecule has 0 radical (unpaired) electrons. The number of halogens is 1. The van der Waals surface area contributed by atoms with Gasteiger partial charge in [0.25, 0.3) is 5.91 Å². The Hall–Kier alpha value is -3.66. The van der Waals surface area contributed by atoms with Crippen molar-refractivity contribution < 1.29 is 18.7 Å². The molecule has 0 aliphatic carbocycles. The summed E-state index contributed by atoms with van der Waals surface area (Å²) >= 11 is 1.22. The Kier molecular flexibility index (Phi) is 8.20. The van der Waals surface area contributed by atoms with Gasteiger partial charge in [-0.25, -0.2) is 4.39 Å². The Bertz CT molecular complexity index is 1150. The normalized spacial score (nSPS) is 10.5. The lowest BCUT2D eigenvalue weighted by molar-refractivity contribution is -0.113. The van der Waals surface area contributed by atoms with Crippen LogP contribution in [0.3, 0.4) is 0 Å². The molecule has 172 valence electrons. The van der Waals surface area contributed by atoms with E-state index in [2.05, 4.69) is 27.4 Å². The molecule has 0 spiro atoms. The first-order valence-corrected chi connectivity index (χ1v) is 11.0. The first-order valence-electron chi connectivity index (χ1n) is 10.0. The number of nitrogens with zero attached hydrogens (tertiary/aromatic N) is 3. The van der Waals surface area contributed by atoms with E-state index in [0.717, 1.165) is 5.56 Å². The Morgan fingerprint density at radius 2 is 1.97 bits per heavy atom. The molecule has 0 saturated carbocycles. The molecule has 8 nitrogen and oxygen atoms in total. The largest absolute Gasteiger partial charge is 0.495 e. The van der Waals surface area contributed by atoms with Crippen LogP contribution in [-0.2, 0) is 17.9 Å². The molecule has 2 aromatic carbocycles. The van der Waals surface area contributed by atoms with Crippen molar-refractivity contribution in [3.05, 3.63) is 77.9 Å². The number of nitrogens with one attached hydrogen (secondary N) is 2. The van der Waals surface area contributed by atoms with Crippen molar-refractivity contribution in [1.82, 2.24) is 20.1 Å². The molecule has 0 bridgehead atoms. The molecular weight excluding hydrogens is 445 g/mol. The fourth-order valence-electron chi connectivity index (χ4n) is 2.97. The van der Waals surface area contributed by atoms with E-state index in [4.69, 9.17) is 4.74 Å². The quantitative estimate of drug-likeness (QED) is 0.348. The second-order valence-corrected chi connectivity index (χ2v) is 7.97. The van der Waals surface area contributed by atoms with Gasteiger partial charge >= 0.3 is 0 Å². The summed E-state index contributed by atoms with van der Waals surface area (Å²) in [4.78, 5) is 24.8. The fourth-order valence-corrected chi connectivity index (χ4v) is 3.73. The number of rotatable bonds is 10. The van der Waals surface area contributed by atoms with Crippen LogP contribution in [0, 0.1) is 12.7 Å². The summed E-state index contributed by atoms with van der Waals surface area (Å²) in [7, 11) is 1.54. The van der Waals surface area contributed by atoms with E-state index in [9.17, 15) is 14.0 Å². The summed E-state index contributed by atoms with van der Waals surface area (Å²) in [5.41, 5.74) is 1.93. The number of hydrogen-bond acceptors (Lipinski definition) is 6. The topological polar surface area (TPSA) is 98.1 Å². The lowest BCUT2D eigenvalue weighted by Gasteiger charge is -2.11. The third kappa shape index (κ3) is 6.42. The number of carbonyl (C=O) groups is 2. The molecule has 2 N–H and O–H groups in total. The lowest BCUT2D eigenvalue weighted by Crippen LogP contribution is -2.25. The van der Waals surface area contributed by atoms with Gasteiger partial charge in [-0.3, -0.25) is 9.59 Å². The summed E-state index contributed by atoms with van der Waals surface area (Å²) < 4.78 is 20.1. The smallest absolute Gasteiger partial charge is 0.251 e. The van der Waals surface area contributed by atoms with Gasteiger partial charge < -0.3 is 19.9 Å². The Morgan fingerprint density at radius 1 is 1.21 bits per heavy atom. The maximum atomic E-state index is 13.0. The minimum atomic E-state index is -0.413. The average Bonchev–Trinajstić information content (AvgIpc) is 3.18. The number of aromatic nitrogens is 3. The molecule has 3 rings (SSSR count). The van der Waals surface area contributed by atoms with Crippen molar-refractivity contribution in [3.8, 4) is 5.75 Å². The van der Waals surface area contributed by atoms with Crippen molar-refractivity contribution in [2.45, 2.75) is 25.2 Å². The van der Waals surface area contributed by atoms with E-state index in [0.29, 0.717) is 34.5 Å². The van der Waals surface area contributed by atoms with Gasteiger partial charge in [0.05, 0.1) is 25.1 Å². The van der Waals surface area contributed by atoms with Crippen LogP contribution in [-0.4, -0.2) is 39.4 Å². The molecule has 3 aromatic rings. The van der Waals surface area contributed by atoms with Crippen LogP contribution >= 0.6 is 11.8 Å². The third-order valence-corrected chi connectivity index (χ3v) is 5.55. The van der Waals surface area contributed by atoms with E-state index < -0.39 is 5.82 Å². The number of benzene rings is 2. The highest BCUT2D eigenvalue weighted by molar-refractivity contribution is 7.99. The minimum Gasteiger partial charge on any atom is -0.495 e. The maximum absolute atomic E-state index is 13.0. The highest BCUT2D eigenvalue weighted by atomic mass is 32.2. The molecule has 1 heterocycles. The van der Waals surface area contributed by atoms with Crippen LogP contribution < -0.4 is 15.4 Å². The fraction of sp³-hybridized carbons (Fsp3) is 0.217. The van der Waals surface area contributed by atoms with Crippen molar-refractivity contribution in [2.75, 3.05) is 18.2 Å². The number of amides is 2. The van der Waals surface area contributed by atoms with Crippen molar-refractivity contribution in [3.63, 3.8) is 0 Å². The third-order valence-electron chi connectivity index (χ3n) is 4.58. The molecule has 0 aliphatic rings. The van der Waals surface area contributed by atoms with Crippen LogP contribution in [0.4, 0.5) is 10.1 Å². The predicted molar refractivity (Wildman–Crippen MR) is 125 cm³/mol. The average molecular weight is 470 g/mol. The Balaban J connectivity index is 1.62. The summed E-state index contributed by atoms with van der Waals surface area (Å²) in [6.07, 6.45) is 1.68. The molecule has 0 saturated heterocycles. The SMILES string of the molecule is C=CCn1c(CNC(=O)c2ccc(F)cc2)nnc1SCC(=O)Nc1cc(C)ccc1OC. The maximum Gasteiger partial charge on any atom is 0.251 e. The van der Waals surface area contributed by atoms with Gasteiger partial charge in [0, 0.05) is 12.1 Å². The zero-order valence-corrected chi connectivity index (χ0v) is 19.1. The second-order valence-electron chi connectivity index (χ2n) is 7.03. The number of methoxy groups -OCH3 is 1. The monoisotopic (exact) mass is 469 g/mol. The highest BCUT2D eigenvalue weighted by Crippen LogP contribution is 2.26. The summed E-state index contributed by atoms with van der Waals surface area (Å²) in [5.74, 6) is 0.200. The summed E-state index contributed by atoms with van der Waals surface area (Å²) in [5, 5.41) is 14.4. The molecule has 33 heavy (non-hydrogen) atoms. The number of carbonyl (C=O) groups excluding carboxylic acids is 2. The molecule has 2 amide bonds. The van der Waals surface area contributed by atoms with Gasteiger partial charge in [0.15, 0.2) is 11.0 Å². The number of hydrogen-bond donors (Lipinski definition) is 2. The lowest BCUT2D eigenvalue weighted by atomic mass is 10.2. The zero-order valence-electron chi connectivity index (χ0n) is 18.3. The summed E-state index contributed by atoms with van der Waals surface area (Å²) in [6, 6.07) is 10.8. The van der Waals surface area contributed by atoms with Crippen LogP contribution in [0.1, 0.15) is 21.7 Å². The van der Waals surface area contributed by atoms with E-state index >= 15 is 0 Å². The molecule has 1 aromatic heterocycles. The van der Waals surface area contributed by atoms with Gasteiger partial charge in [0.2, 0.25) is 5.91 Å². The molecule has 0 atom stereocenters. The zero-order chi connectivity index (χ0) is 23.8.